The van der Waals surface area contributed by atoms with Crippen LogP contribution in [0.2, 0.25) is 0 Å². The summed E-state index contributed by atoms with van der Waals surface area (Å²) in [5.41, 5.74) is -0.986. The van der Waals surface area contributed by atoms with Gasteiger partial charge in [0.15, 0.2) is 11.3 Å². The van der Waals surface area contributed by atoms with Crippen LogP contribution >= 0.6 is 11.3 Å². The summed E-state index contributed by atoms with van der Waals surface area (Å²) in [4.78, 5) is 56.6. The molecule has 0 radical (unpaired) electrons. The third kappa shape index (κ3) is 5.88. The monoisotopic (exact) mass is 671 g/mol. The van der Waals surface area contributed by atoms with E-state index in [0.29, 0.717) is 29.8 Å². The Morgan fingerprint density at radius 3 is 2.61 bits per heavy atom. The zero-order valence-electron chi connectivity index (χ0n) is 26.0. The smallest absolute Gasteiger partial charge is 0.259 e. The van der Waals surface area contributed by atoms with Gasteiger partial charge in [-0.1, -0.05) is 32.9 Å². The zero-order valence-corrected chi connectivity index (χ0v) is 27.6. The maximum atomic E-state index is 14.0. The van der Waals surface area contributed by atoms with E-state index in [1.165, 1.54) is 22.3 Å². The average Bonchev–Trinajstić information content (AvgIpc) is 3.82. The third-order valence-corrected chi connectivity index (χ3v) is 11.4. The molecule has 0 aromatic carbocycles. The Morgan fingerprint density at radius 2 is 2.00 bits per heavy atom. The fourth-order valence-corrected chi connectivity index (χ4v) is 7.73. The minimum atomic E-state index is -3.87. The van der Waals surface area contributed by atoms with E-state index in [4.69, 9.17) is 4.74 Å². The average molecular weight is 672 g/mol. The predicted octanol–water partition coefficient (Wildman–Crippen LogP) is 1.52. The Hall–Kier alpha value is -3.89. The molecule has 0 bridgehead atoms. The minimum Gasteiger partial charge on any atom is -0.471 e. The number of carbonyl (C=O) groups excluding carboxylic acids is 3. The SMILES string of the molecule is C=C[C@@H]1C[C@]1(NC(=O)[C@@H]1C[C@@H](Oc2nc3c(ncn3C)nc2-c2cccs2)CN1C(=O)[C@@H](O)C(C)(C)C)C(=O)NS(=O)(=O)C1CC1. The van der Waals surface area contributed by atoms with Crippen molar-refractivity contribution in [3.63, 3.8) is 0 Å². The van der Waals surface area contributed by atoms with E-state index in [1.54, 1.807) is 38.7 Å². The van der Waals surface area contributed by atoms with Crippen molar-refractivity contribution in [3.05, 3.63) is 36.5 Å². The number of rotatable bonds is 10. The van der Waals surface area contributed by atoms with Crippen molar-refractivity contribution in [1.29, 1.82) is 0 Å². The number of fused-ring (bicyclic) bond motifs is 1. The number of hydrogen-bond donors (Lipinski definition) is 3. The summed E-state index contributed by atoms with van der Waals surface area (Å²) >= 11 is 1.44. The first-order valence-corrected chi connectivity index (χ1v) is 17.5. The van der Waals surface area contributed by atoms with Gasteiger partial charge in [-0.3, -0.25) is 19.1 Å². The third-order valence-electron chi connectivity index (χ3n) is 8.70. The molecule has 14 nitrogen and oxygen atoms in total. The van der Waals surface area contributed by atoms with Gasteiger partial charge in [0.25, 0.3) is 11.8 Å². The number of thiophene rings is 1. The number of likely N-dealkylation sites (tertiary alicyclic amines) is 1. The van der Waals surface area contributed by atoms with Gasteiger partial charge in [-0.05, 0) is 36.1 Å². The van der Waals surface area contributed by atoms with Gasteiger partial charge in [-0.15, -0.1) is 17.9 Å². The highest BCUT2D eigenvalue weighted by atomic mass is 32.2. The number of aliphatic hydroxyl groups excluding tert-OH is 1. The highest BCUT2D eigenvalue weighted by Crippen LogP contribution is 2.45. The summed E-state index contributed by atoms with van der Waals surface area (Å²) in [6, 6.07) is 2.61. The number of imidazole rings is 1. The summed E-state index contributed by atoms with van der Waals surface area (Å²) in [7, 11) is -2.09. The van der Waals surface area contributed by atoms with Crippen molar-refractivity contribution >= 4 is 50.4 Å². The summed E-state index contributed by atoms with van der Waals surface area (Å²) in [6.07, 6.45) is 2.02. The van der Waals surface area contributed by atoms with Crippen LogP contribution in [0.15, 0.2) is 36.5 Å². The number of nitrogens with one attached hydrogen (secondary N) is 2. The molecule has 4 heterocycles. The molecular formula is C30H37N7O7S2. The van der Waals surface area contributed by atoms with Crippen molar-refractivity contribution < 1.29 is 32.6 Å². The number of hydrogen-bond acceptors (Lipinski definition) is 11. The summed E-state index contributed by atoms with van der Waals surface area (Å²) in [5, 5.41) is 15.0. The number of amides is 3. The number of carbonyl (C=O) groups is 3. The quantitative estimate of drug-likeness (QED) is 0.267. The van der Waals surface area contributed by atoms with Gasteiger partial charge in [0.1, 0.15) is 29.5 Å². The van der Waals surface area contributed by atoms with Crippen molar-refractivity contribution in [2.45, 2.75) is 75.5 Å². The molecule has 3 aromatic rings. The Bertz CT molecular complexity index is 1810. The molecule has 2 saturated carbocycles. The van der Waals surface area contributed by atoms with Crippen molar-refractivity contribution in [1.82, 2.24) is 34.5 Å². The standard InChI is InChI=1S/C30H37N7O7S2/c1-6-16-13-30(16,28(41)35-46(42,43)18-9-10-18)34-25(39)19-12-17(14-37(19)27(40)22(38)29(2,3)4)44-26-21(20-8-7-11-45-20)32-23-24(33-26)36(5)15-31-23/h6-8,11,15-19,22,38H,1,9-10,12-14H2,2-5H3,(H,34,39)(H,35,41)/t16-,17-,19+,22-,30-/m1/s1. The Balaban J connectivity index is 1.29. The summed E-state index contributed by atoms with van der Waals surface area (Å²) < 4.78 is 35.3. The van der Waals surface area contributed by atoms with Gasteiger partial charge in [-0.25, -0.2) is 18.4 Å². The second kappa shape index (κ2) is 11.4. The number of nitrogens with zero attached hydrogens (tertiary/aromatic N) is 5. The highest BCUT2D eigenvalue weighted by molar-refractivity contribution is 7.91. The van der Waals surface area contributed by atoms with E-state index in [-0.39, 0.29) is 25.3 Å². The molecule has 16 heteroatoms. The predicted molar refractivity (Wildman–Crippen MR) is 169 cm³/mol. The van der Waals surface area contributed by atoms with E-state index < -0.39 is 68.1 Å². The van der Waals surface area contributed by atoms with Gasteiger partial charge < -0.3 is 24.6 Å². The summed E-state index contributed by atoms with van der Waals surface area (Å²) in [6.45, 7) is 8.80. The lowest BCUT2D eigenvalue weighted by atomic mass is 9.88. The molecule has 0 spiro atoms. The number of sulfonamides is 1. The van der Waals surface area contributed by atoms with Gasteiger partial charge >= 0.3 is 0 Å². The molecule has 2 aliphatic carbocycles. The van der Waals surface area contributed by atoms with Crippen LogP contribution in [0.3, 0.4) is 0 Å². The second-order valence-corrected chi connectivity index (χ2v) is 16.2. The number of aromatic nitrogens is 4. The number of ether oxygens (including phenoxy) is 1. The first-order chi connectivity index (χ1) is 21.6. The molecule has 3 N–H and O–H groups in total. The second-order valence-electron chi connectivity index (χ2n) is 13.3. The molecule has 3 amide bonds. The Kier molecular flexibility index (Phi) is 7.96. The van der Waals surface area contributed by atoms with Crippen LogP contribution in [0.1, 0.15) is 46.5 Å². The van der Waals surface area contributed by atoms with E-state index in [9.17, 15) is 27.9 Å². The lowest BCUT2D eigenvalue weighted by Gasteiger charge is -2.32. The molecule has 3 fully saturated rings. The van der Waals surface area contributed by atoms with Gasteiger partial charge in [0, 0.05) is 19.4 Å². The fraction of sp³-hybridized carbons (Fsp3) is 0.533. The van der Waals surface area contributed by atoms with Crippen LogP contribution in [0.5, 0.6) is 5.88 Å². The maximum absolute atomic E-state index is 14.0. The number of aliphatic hydroxyl groups is 1. The highest BCUT2D eigenvalue weighted by Gasteiger charge is 2.62. The summed E-state index contributed by atoms with van der Waals surface area (Å²) in [5.74, 6) is -2.48. The fourth-order valence-electron chi connectivity index (χ4n) is 5.66. The van der Waals surface area contributed by atoms with Crippen LogP contribution in [0.25, 0.3) is 21.9 Å². The molecule has 5 atom stereocenters. The Labute approximate surface area is 270 Å². The largest absolute Gasteiger partial charge is 0.471 e. The van der Waals surface area contributed by atoms with Gasteiger partial charge in [-0.2, -0.15) is 4.98 Å². The van der Waals surface area contributed by atoms with Crippen LogP contribution in [-0.2, 0) is 31.5 Å². The topological polar surface area (TPSA) is 186 Å². The molecule has 1 saturated heterocycles. The molecular weight excluding hydrogens is 635 g/mol. The van der Waals surface area contributed by atoms with E-state index in [2.05, 4.69) is 31.6 Å². The number of aryl methyl sites for hydroxylation is 1. The van der Waals surface area contributed by atoms with E-state index >= 15 is 0 Å². The van der Waals surface area contributed by atoms with Crippen molar-refractivity contribution in [2.75, 3.05) is 6.54 Å². The van der Waals surface area contributed by atoms with E-state index in [0.717, 1.165) is 4.88 Å². The lowest BCUT2D eigenvalue weighted by molar-refractivity contribution is -0.150. The minimum absolute atomic E-state index is 0.0141. The van der Waals surface area contributed by atoms with Gasteiger partial charge in [0.05, 0.1) is 23.0 Å². The molecule has 1 aliphatic heterocycles. The molecule has 3 aliphatic rings. The molecule has 246 valence electrons. The molecule has 3 aromatic heterocycles. The zero-order chi connectivity index (χ0) is 33.2. The van der Waals surface area contributed by atoms with Crippen molar-refractivity contribution in [3.8, 4) is 16.5 Å². The van der Waals surface area contributed by atoms with Crippen molar-refractivity contribution in [2.24, 2.45) is 18.4 Å². The maximum Gasteiger partial charge on any atom is 0.259 e. The van der Waals surface area contributed by atoms with E-state index in [1.807, 2.05) is 17.5 Å². The lowest BCUT2D eigenvalue weighted by Crippen LogP contribution is -2.57. The molecule has 0 unspecified atom stereocenters. The Morgan fingerprint density at radius 1 is 1.26 bits per heavy atom. The van der Waals surface area contributed by atoms with Crippen LogP contribution in [0, 0.1) is 11.3 Å². The van der Waals surface area contributed by atoms with Crippen LogP contribution in [-0.4, -0.2) is 91.2 Å². The molecule has 46 heavy (non-hydrogen) atoms. The first kappa shape index (κ1) is 32.1. The first-order valence-electron chi connectivity index (χ1n) is 15.0. The van der Waals surface area contributed by atoms with Gasteiger partial charge in [0.2, 0.25) is 21.8 Å². The molecule has 6 rings (SSSR count). The van der Waals surface area contributed by atoms with Crippen LogP contribution < -0.4 is 14.8 Å². The normalized spacial score (nSPS) is 25.2. The van der Waals surface area contributed by atoms with Crippen LogP contribution in [0.4, 0.5) is 0 Å².